The maximum atomic E-state index is 12.1. The number of esters is 1. The maximum Gasteiger partial charge on any atom is 0.345 e. The lowest BCUT2D eigenvalue weighted by Gasteiger charge is -2.12. The number of nitrogens with zero attached hydrogens (tertiary/aromatic N) is 2. The zero-order chi connectivity index (χ0) is 19.5. The maximum absolute atomic E-state index is 12.1. The van der Waals surface area contributed by atoms with Gasteiger partial charge in [-0.3, -0.25) is 10.1 Å². The molecule has 0 amide bonds. The van der Waals surface area contributed by atoms with Gasteiger partial charge in [-0.05, 0) is 29.8 Å². The van der Waals surface area contributed by atoms with Crippen LogP contribution in [-0.2, 0) is 21.4 Å². The van der Waals surface area contributed by atoms with Crippen molar-refractivity contribution in [2.45, 2.75) is 11.5 Å². The number of benzene rings is 2. The Morgan fingerprint density at radius 3 is 2.54 bits per heavy atom. The largest absolute Gasteiger partial charge is 0.457 e. The van der Waals surface area contributed by atoms with E-state index in [0.717, 1.165) is 10.4 Å². The first-order valence-electron chi connectivity index (χ1n) is 7.25. The molecule has 0 unspecified atom stereocenters. The highest BCUT2D eigenvalue weighted by Crippen LogP contribution is 2.24. The molecule has 138 valence electrons. The molecule has 0 fully saturated rings. The van der Waals surface area contributed by atoms with E-state index >= 15 is 0 Å². The molecule has 0 aliphatic carbocycles. The van der Waals surface area contributed by atoms with Gasteiger partial charge in [-0.1, -0.05) is 23.7 Å². The quantitative estimate of drug-likeness (QED) is 0.420. The Kier molecular flexibility index (Phi) is 5.96. The first kappa shape index (κ1) is 19.8. The van der Waals surface area contributed by atoms with Crippen molar-refractivity contribution in [3.05, 3.63) is 68.7 Å². The Labute approximate surface area is 155 Å². The molecule has 2 aromatic carbocycles. The minimum atomic E-state index is -3.62. The van der Waals surface area contributed by atoms with Crippen LogP contribution in [0.1, 0.15) is 15.9 Å². The fourth-order valence-corrected chi connectivity index (χ4v) is 3.20. The third kappa shape index (κ3) is 4.37. The predicted octanol–water partition coefficient (Wildman–Crippen LogP) is 2.86. The molecular weight excluding hydrogens is 384 g/mol. The molecule has 0 heterocycles. The monoisotopic (exact) mass is 398 g/mol. The molecule has 0 saturated heterocycles. The van der Waals surface area contributed by atoms with E-state index in [-0.39, 0.29) is 22.1 Å². The highest BCUT2D eigenvalue weighted by Gasteiger charge is 2.22. The molecule has 0 aromatic heterocycles. The molecule has 0 saturated carbocycles. The van der Waals surface area contributed by atoms with Crippen molar-refractivity contribution >= 4 is 33.3 Å². The van der Waals surface area contributed by atoms with Gasteiger partial charge >= 0.3 is 5.97 Å². The van der Waals surface area contributed by atoms with Gasteiger partial charge in [-0.15, -0.1) is 0 Å². The SMILES string of the molecule is CN(C)S(=O)(=O)c1cccc(COC(=O)c2ccc(Cl)cc2[N+](=O)[O-])c1. The van der Waals surface area contributed by atoms with E-state index in [0.29, 0.717) is 5.56 Å². The summed E-state index contributed by atoms with van der Waals surface area (Å²) < 4.78 is 30.4. The Morgan fingerprint density at radius 2 is 1.92 bits per heavy atom. The van der Waals surface area contributed by atoms with Gasteiger partial charge in [-0.2, -0.15) is 0 Å². The number of nitro benzene ring substituents is 1. The molecule has 2 rings (SSSR count). The van der Waals surface area contributed by atoms with Crippen molar-refractivity contribution < 1.29 is 22.9 Å². The fourth-order valence-electron chi connectivity index (χ4n) is 2.06. The number of hydrogen-bond acceptors (Lipinski definition) is 6. The van der Waals surface area contributed by atoms with Crippen LogP contribution in [-0.4, -0.2) is 37.7 Å². The van der Waals surface area contributed by atoms with Gasteiger partial charge in [0.1, 0.15) is 12.2 Å². The summed E-state index contributed by atoms with van der Waals surface area (Å²) in [6.45, 7) is -0.241. The highest BCUT2D eigenvalue weighted by molar-refractivity contribution is 7.89. The van der Waals surface area contributed by atoms with Crippen LogP contribution in [0, 0.1) is 10.1 Å². The molecule has 10 heteroatoms. The molecule has 26 heavy (non-hydrogen) atoms. The summed E-state index contributed by atoms with van der Waals surface area (Å²) in [5, 5.41) is 11.2. The second kappa shape index (κ2) is 7.81. The fraction of sp³-hybridized carbons (Fsp3) is 0.188. The minimum absolute atomic E-state index is 0.0496. The third-order valence-corrected chi connectivity index (χ3v) is 5.47. The Bertz CT molecular complexity index is 959. The van der Waals surface area contributed by atoms with Crippen molar-refractivity contribution in [1.82, 2.24) is 4.31 Å². The van der Waals surface area contributed by atoms with Gasteiger partial charge in [0.25, 0.3) is 5.69 Å². The summed E-state index contributed by atoms with van der Waals surface area (Å²) in [6, 6.07) is 9.50. The van der Waals surface area contributed by atoms with Crippen LogP contribution in [0.3, 0.4) is 0 Å². The number of carbonyl (C=O) groups is 1. The van der Waals surface area contributed by atoms with Gasteiger partial charge in [0.05, 0.1) is 9.82 Å². The summed E-state index contributed by atoms with van der Waals surface area (Å²) in [5.41, 5.74) is -0.277. The second-order valence-corrected chi connectivity index (χ2v) is 8.02. The number of carbonyl (C=O) groups excluding carboxylic acids is 1. The van der Waals surface area contributed by atoms with Crippen molar-refractivity contribution in [3.8, 4) is 0 Å². The van der Waals surface area contributed by atoms with Gasteiger partial charge < -0.3 is 4.74 Å². The number of nitro groups is 1. The number of sulfonamides is 1. The van der Waals surface area contributed by atoms with Crippen LogP contribution < -0.4 is 0 Å². The molecule has 2 aromatic rings. The molecule has 0 bridgehead atoms. The Balaban J connectivity index is 2.20. The number of rotatable bonds is 6. The summed E-state index contributed by atoms with van der Waals surface area (Å²) in [4.78, 5) is 22.5. The van der Waals surface area contributed by atoms with E-state index < -0.39 is 26.6 Å². The van der Waals surface area contributed by atoms with Crippen LogP contribution in [0.5, 0.6) is 0 Å². The summed E-state index contributed by atoms with van der Waals surface area (Å²) in [7, 11) is -0.815. The Morgan fingerprint density at radius 1 is 1.23 bits per heavy atom. The predicted molar refractivity (Wildman–Crippen MR) is 94.5 cm³/mol. The van der Waals surface area contributed by atoms with Crippen LogP contribution >= 0.6 is 11.6 Å². The smallest absolute Gasteiger partial charge is 0.345 e. The van der Waals surface area contributed by atoms with Gasteiger partial charge in [0.15, 0.2) is 0 Å². The van der Waals surface area contributed by atoms with Crippen LogP contribution in [0.25, 0.3) is 0 Å². The average molecular weight is 399 g/mol. The zero-order valence-electron chi connectivity index (χ0n) is 13.9. The van der Waals surface area contributed by atoms with E-state index in [2.05, 4.69) is 0 Å². The number of halogens is 1. The van der Waals surface area contributed by atoms with Gasteiger partial charge in [-0.25, -0.2) is 17.5 Å². The summed E-state index contributed by atoms with van der Waals surface area (Å²) >= 11 is 5.71. The standard InChI is InChI=1S/C16H15ClN2O6S/c1-18(2)26(23,24)13-5-3-4-11(8-13)10-25-16(20)14-7-6-12(17)9-15(14)19(21)22/h3-9H,10H2,1-2H3. The van der Waals surface area contributed by atoms with Crippen LogP contribution in [0.2, 0.25) is 5.02 Å². The minimum Gasteiger partial charge on any atom is -0.457 e. The Hall–Kier alpha value is -2.49. The van der Waals surface area contributed by atoms with Crippen molar-refractivity contribution in [2.75, 3.05) is 14.1 Å². The normalized spacial score (nSPS) is 11.4. The van der Waals surface area contributed by atoms with E-state index in [1.807, 2.05) is 0 Å². The topological polar surface area (TPSA) is 107 Å². The molecule has 8 nitrogen and oxygen atoms in total. The molecule has 0 N–H and O–H groups in total. The zero-order valence-corrected chi connectivity index (χ0v) is 15.5. The van der Waals surface area contributed by atoms with E-state index in [9.17, 15) is 23.3 Å². The third-order valence-electron chi connectivity index (χ3n) is 3.42. The first-order valence-corrected chi connectivity index (χ1v) is 9.07. The molecule has 0 atom stereocenters. The van der Waals surface area contributed by atoms with E-state index in [1.54, 1.807) is 6.07 Å². The van der Waals surface area contributed by atoms with Crippen molar-refractivity contribution in [2.24, 2.45) is 0 Å². The van der Waals surface area contributed by atoms with Crippen molar-refractivity contribution in [3.63, 3.8) is 0 Å². The lowest BCUT2D eigenvalue weighted by atomic mass is 10.2. The van der Waals surface area contributed by atoms with Gasteiger partial charge in [0, 0.05) is 25.2 Å². The lowest BCUT2D eigenvalue weighted by Crippen LogP contribution is -2.22. The molecular formula is C16H15ClN2O6S. The summed E-state index contributed by atoms with van der Waals surface area (Å²) in [5.74, 6) is -0.908. The highest BCUT2D eigenvalue weighted by atomic mass is 35.5. The number of hydrogen-bond donors (Lipinski definition) is 0. The van der Waals surface area contributed by atoms with Crippen molar-refractivity contribution in [1.29, 1.82) is 0 Å². The second-order valence-electron chi connectivity index (χ2n) is 5.43. The lowest BCUT2D eigenvalue weighted by molar-refractivity contribution is -0.385. The molecule has 0 spiro atoms. The average Bonchev–Trinajstić information content (AvgIpc) is 2.59. The van der Waals surface area contributed by atoms with E-state index in [1.165, 1.54) is 44.4 Å². The molecule has 0 aliphatic rings. The summed E-state index contributed by atoms with van der Waals surface area (Å²) in [6.07, 6.45) is 0. The number of ether oxygens (including phenoxy) is 1. The van der Waals surface area contributed by atoms with E-state index in [4.69, 9.17) is 16.3 Å². The molecule has 0 aliphatic heterocycles. The molecule has 0 radical (unpaired) electrons. The van der Waals surface area contributed by atoms with Crippen LogP contribution in [0.15, 0.2) is 47.4 Å². The van der Waals surface area contributed by atoms with Crippen LogP contribution in [0.4, 0.5) is 5.69 Å². The van der Waals surface area contributed by atoms with Gasteiger partial charge in [0.2, 0.25) is 10.0 Å². The first-order chi connectivity index (χ1) is 12.1.